The number of aromatic nitrogens is 1. The molecule has 1 heterocycles. The van der Waals surface area contributed by atoms with Crippen LogP contribution < -0.4 is 0 Å². The van der Waals surface area contributed by atoms with Crippen molar-refractivity contribution in [3.63, 3.8) is 0 Å². The quantitative estimate of drug-likeness (QED) is 0.822. The lowest BCUT2D eigenvalue weighted by molar-refractivity contribution is -0.137. The number of carbonyl (C=O) groups excluding carboxylic acids is 1. The predicted octanol–water partition coefficient (Wildman–Crippen LogP) is 0.855. The number of likely N-dealkylation sites (N-methyl/N-ethyl adjacent to an activating group) is 1. The first-order valence-electron chi connectivity index (χ1n) is 5.93. The summed E-state index contributed by atoms with van der Waals surface area (Å²) in [6.07, 6.45) is 5.98. The maximum Gasteiger partial charge on any atom is 0.230 e. The summed E-state index contributed by atoms with van der Waals surface area (Å²) >= 11 is 0. The van der Waals surface area contributed by atoms with Crippen molar-refractivity contribution >= 4 is 5.91 Å². The fourth-order valence-electron chi connectivity index (χ4n) is 1.94. The number of aliphatic hydroxyl groups is 1. The second kappa shape index (κ2) is 4.84. The number of carbonyl (C=O) groups is 1. The van der Waals surface area contributed by atoms with Gasteiger partial charge in [-0.15, -0.1) is 0 Å². The minimum Gasteiger partial charge on any atom is -0.395 e. The van der Waals surface area contributed by atoms with Gasteiger partial charge in [0.15, 0.2) is 0 Å². The average molecular weight is 234 g/mol. The number of amides is 1. The Morgan fingerprint density at radius 1 is 1.47 bits per heavy atom. The van der Waals surface area contributed by atoms with E-state index in [-0.39, 0.29) is 12.5 Å². The zero-order chi connectivity index (χ0) is 12.3. The molecule has 1 aromatic heterocycles. The Bertz CT molecular complexity index is 388. The third kappa shape index (κ3) is 2.64. The van der Waals surface area contributed by atoms with Crippen molar-refractivity contribution in [3.05, 3.63) is 30.1 Å². The normalized spacial score (nSPS) is 16.6. The molecule has 0 aromatic carbocycles. The molecule has 92 valence electrons. The molecule has 0 saturated heterocycles. The van der Waals surface area contributed by atoms with Crippen molar-refractivity contribution in [3.8, 4) is 0 Å². The van der Waals surface area contributed by atoms with Crippen LogP contribution >= 0.6 is 0 Å². The summed E-state index contributed by atoms with van der Waals surface area (Å²) in [4.78, 5) is 17.7. The van der Waals surface area contributed by atoms with Gasteiger partial charge in [0.2, 0.25) is 5.91 Å². The van der Waals surface area contributed by atoms with Crippen molar-refractivity contribution in [2.45, 2.75) is 19.3 Å². The summed E-state index contributed by atoms with van der Waals surface area (Å²) in [5.74, 6) is 0.0778. The molecule has 0 bridgehead atoms. The van der Waals surface area contributed by atoms with E-state index in [1.807, 2.05) is 12.1 Å². The monoisotopic (exact) mass is 234 g/mol. The van der Waals surface area contributed by atoms with Gasteiger partial charge < -0.3 is 10.0 Å². The van der Waals surface area contributed by atoms with E-state index >= 15 is 0 Å². The van der Waals surface area contributed by atoms with Gasteiger partial charge in [0, 0.05) is 26.0 Å². The minimum atomic E-state index is -0.451. The molecule has 0 radical (unpaired) electrons. The zero-order valence-corrected chi connectivity index (χ0v) is 10.1. The van der Waals surface area contributed by atoms with E-state index in [0.717, 1.165) is 19.3 Å². The van der Waals surface area contributed by atoms with E-state index < -0.39 is 5.41 Å². The van der Waals surface area contributed by atoms with Crippen LogP contribution in [-0.4, -0.2) is 41.1 Å². The first kappa shape index (κ1) is 12.0. The molecule has 4 heteroatoms. The first-order chi connectivity index (χ1) is 8.18. The first-order valence-corrected chi connectivity index (χ1v) is 5.93. The average Bonchev–Trinajstić information content (AvgIpc) is 3.17. The Balaban J connectivity index is 1.86. The van der Waals surface area contributed by atoms with Crippen molar-refractivity contribution < 1.29 is 9.90 Å². The summed E-state index contributed by atoms with van der Waals surface area (Å²) in [6, 6.07) is 3.91. The van der Waals surface area contributed by atoms with E-state index in [0.29, 0.717) is 6.54 Å². The summed E-state index contributed by atoms with van der Waals surface area (Å²) in [5, 5.41) is 9.21. The molecule has 1 aromatic rings. The number of pyridine rings is 1. The maximum absolute atomic E-state index is 12.0. The highest BCUT2D eigenvalue weighted by molar-refractivity contribution is 5.85. The van der Waals surface area contributed by atoms with E-state index in [1.165, 1.54) is 5.56 Å². The Morgan fingerprint density at radius 3 is 2.65 bits per heavy atom. The van der Waals surface area contributed by atoms with E-state index in [1.54, 1.807) is 24.3 Å². The second-order valence-corrected chi connectivity index (χ2v) is 4.77. The molecular weight excluding hydrogens is 216 g/mol. The lowest BCUT2D eigenvalue weighted by atomic mass is 10.1. The molecular formula is C13H18N2O2. The number of hydrogen-bond acceptors (Lipinski definition) is 3. The lowest BCUT2D eigenvalue weighted by Crippen LogP contribution is -2.37. The highest BCUT2D eigenvalue weighted by atomic mass is 16.3. The summed E-state index contributed by atoms with van der Waals surface area (Å²) in [7, 11) is 1.80. The minimum absolute atomic E-state index is 0.0224. The number of rotatable bonds is 5. The van der Waals surface area contributed by atoms with Crippen LogP contribution in [0.3, 0.4) is 0 Å². The topological polar surface area (TPSA) is 53.4 Å². The van der Waals surface area contributed by atoms with Crippen LogP contribution in [0.15, 0.2) is 24.5 Å². The van der Waals surface area contributed by atoms with Crippen LogP contribution in [0.25, 0.3) is 0 Å². The zero-order valence-electron chi connectivity index (χ0n) is 10.1. The highest BCUT2D eigenvalue weighted by Gasteiger charge is 2.50. The maximum atomic E-state index is 12.0. The third-order valence-electron chi connectivity index (χ3n) is 3.44. The van der Waals surface area contributed by atoms with Gasteiger partial charge in [-0.3, -0.25) is 9.78 Å². The van der Waals surface area contributed by atoms with Crippen LogP contribution in [-0.2, 0) is 11.2 Å². The Morgan fingerprint density at radius 2 is 2.12 bits per heavy atom. The summed E-state index contributed by atoms with van der Waals surface area (Å²) < 4.78 is 0. The molecule has 17 heavy (non-hydrogen) atoms. The number of nitrogens with zero attached hydrogens (tertiary/aromatic N) is 2. The van der Waals surface area contributed by atoms with E-state index in [9.17, 15) is 9.90 Å². The van der Waals surface area contributed by atoms with Gasteiger partial charge in [0.1, 0.15) is 0 Å². The molecule has 1 amide bonds. The van der Waals surface area contributed by atoms with Crippen LogP contribution in [0.4, 0.5) is 0 Å². The van der Waals surface area contributed by atoms with Gasteiger partial charge >= 0.3 is 0 Å². The fraction of sp³-hybridized carbons (Fsp3) is 0.538. The third-order valence-corrected chi connectivity index (χ3v) is 3.44. The molecule has 1 N–H and O–H groups in total. The van der Waals surface area contributed by atoms with E-state index in [4.69, 9.17) is 0 Å². The van der Waals surface area contributed by atoms with Gasteiger partial charge in [-0.1, -0.05) is 0 Å². The molecule has 4 nitrogen and oxygen atoms in total. The van der Waals surface area contributed by atoms with Gasteiger partial charge in [0.25, 0.3) is 0 Å². The van der Waals surface area contributed by atoms with Gasteiger partial charge in [-0.2, -0.15) is 0 Å². The van der Waals surface area contributed by atoms with Gasteiger partial charge in [-0.25, -0.2) is 0 Å². The van der Waals surface area contributed by atoms with Crippen molar-refractivity contribution in [2.75, 3.05) is 20.2 Å². The lowest BCUT2D eigenvalue weighted by Gasteiger charge is -2.22. The predicted molar refractivity (Wildman–Crippen MR) is 64.3 cm³/mol. The molecule has 1 aliphatic carbocycles. The molecule has 1 aliphatic rings. The highest BCUT2D eigenvalue weighted by Crippen LogP contribution is 2.46. The largest absolute Gasteiger partial charge is 0.395 e. The van der Waals surface area contributed by atoms with Crippen molar-refractivity contribution in [1.82, 2.24) is 9.88 Å². The van der Waals surface area contributed by atoms with E-state index in [2.05, 4.69) is 4.98 Å². The SMILES string of the molecule is CN(CCc1ccncc1)C(=O)C1(CO)CC1. The molecule has 0 spiro atoms. The second-order valence-electron chi connectivity index (χ2n) is 4.77. The molecule has 2 rings (SSSR count). The van der Waals surface area contributed by atoms with Crippen LogP contribution in [0.2, 0.25) is 0 Å². The standard InChI is InChI=1S/C13H18N2O2/c1-15(12(17)13(10-16)5-6-13)9-4-11-2-7-14-8-3-11/h2-3,7-8,16H,4-6,9-10H2,1H3. The Labute approximate surface area is 101 Å². The van der Waals surface area contributed by atoms with Crippen LogP contribution in [0.1, 0.15) is 18.4 Å². The van der Waals surface area contributed by atoms with Gasteiger partial charge in [-0.05, 0) is 37.0 Å². The molecule has 1 fully saturated rings. The van der Waals surface area contributed by atoms with Crippen LogP contribution in [0, 0.1) is 5.41 Å². The summed E-state index contributed by atoms with van der Waals surface area (Å²) in [5.41, 5.74) is 0.723. The Kier molecular flexibility index (Phi) is 3.43. The van der Waals surface area contributed by atoms with Crippen molar-refractivity contribution in [2.24, 2.45) is 5.41 Å². The van der Waals surface area contributed by atoms with Crippen LogP contribution in [0.5, 0.6) is 0 Å². The molecule has 0 unspecified atom stereocenters. The number of aliphatic hydroxyl groups excluding tert-OH is 1. The summed E-state index contributed by atoms with van der Waals surface area (Å²) in [6.45, 7) is 0.663. The van der Waals surface area contributed by atoms with Gasteiger partial charge in [0.05, 0.1) is 12.0 Å². The number of hydrogen-bond donors (Lipinski definition) is 1. The molecule has 0 aliphatic heterocycles. The van der Waals surface area contributed by atoms with Crippen molar-refractivity contribution in [1.29, 1.82) is 0 Å². The fourth-order valence-corrected chi connectivity index (χ4v) is 1.94. The molecule has 0 atom stereocenters. The smallest absolute Gasteiger partial charge is 0.230 e. The Hall–Kier alpha value is -1.42. The molecule has 1 saturated carbocycles.